The number of carbonyl (C=O) groups excluding carboxylic acids is 2. The predicted octanol–water partition coefficient (Wildman–Crippen LogP) is 1.72. The van der Waals surface area contributed by atoms with E-state index in [1.807, 2.05) is 12.1 Å². The Bertz CT molecular complexity index is 1450. The summed E-state index contributed by atoms with van der Waals surface area (Å²) < 4.78 is 7.68. The van der Waals surface area contributed by atoms with Gasteiger partial charge in [0.2, 0.25) is 0 Å². The van der Waals surface area contributed by atoms with Crippen LogP contribution in [-0.2, 0) is 27.8 Å². The molecule has 2 aromatic carbocycles. The number of esters is 1. The lowest BCUT2D eigenvalue weighted by molar-refractivity contribution is -0.146. The number of hydrogen-bond acceptors (Lipinski definition) is 7. The quantitative estimate of drug-likeness (QED) is 0.450. The summed E-state index contributed by atoms with van der Waals surface area (Å²) in [6, 6.07) is 17.8. The highest BCUT2D eigenvalue weighted by Crippen LogP contribution is 2.19. The first-order valence-corrected chi connectivity index (χ1v) is 9.92. The van der Waals surface area contributed by atoms with Crippen LogP contribution in [-0.4, -0.2) is 38.0 Å². The number of aromatic nitrogens is 4. The molecule has 164 valence electrons. The van der Waals surface area contributed by atoms with Crippen LogP contribution in [0.5, 0.6) is 0 Å². The number of nitrogens with one attached hydrogen (secondary N) is 1. The van der Waals surface area contributed by atoms with E-state index >= 15 is 0 Å². The second-order valence-corrected chi connectivity index (χ2v) is 7.07. The minimum absolute atomic E-state index is 0.166. The lowest BCUT2D eigenvalue weighted by Gasteiger charge is -2.10. The summed E-state index contributed by atoms with van der Waals surface area (Å²) in [4.78, 5) is 37.0. The summed E-state index contributed by atoms with van der Waals surface area (Å²) in [6.45, 7) is -0.562. The van der Waals surface area contributed by atoms with Gasteiger partial charge in [0.25, 0.3) is 11.5 Å². The molecule has 1 N–H and O–H groups in total. The van der Waals surface area contributed by atoms with E-state index in [9.17, 15) is 19.6 Å². The summed E-state index contributed by atoms with van der Waals surface area (Å²) >= 11 is 0. The number of hydrogen-bond donors (Lipinski definition) is 1. The van der Waals surface area contributed by atoms with Crippen molar-refractivity contribution in [1.29, 1.82) is 5.26 Å². The fourth-order valence-corrected chi connectivity index (χ4v) is 3.32. The normalized spacial score (nSPS) is 10.5. The number of nitriles is 1. The zero-order valence-corrected chi connectivity index (χ0v) is 17.6. The number of para-hydroxylation sites is 1. The van der Waals surface area contributed by atoms with Gasteiger partial charge in [-0.25, -0.2) is 9.36 Å². The van der Waals surface area contributed by atoms with E-state index < -0.39 is 18.5 Å². The zero-order valence-electron chi connectivity index (χ0n) is 17.6. The molecule has 0 atom stereocenters. The number of rotatable bonds is 6. The van der Waals surface area contributed by atoms with Crippen LogP contribution in [0.2, 0.25) is 0 Å². The molecule has 10 nitrogen and oxygen atoms in total. The largest absolute Gasteiger partial charge is 0.455 e. The van der Waals surface area contributed by atoms with E-state index in [1.54, 1.807) is 48.5 Å². The van der Waals surface area contributed by atoms with Crippen molar-refractivity contribution in [1.82, 2.24) is 19.6 Å². The summed E-state index contributed by atoms with van der Waals surface area (Å²) in [5.74, 6) is -1.13. The van der Waals surface area contributed by atoms with Crippen LogP contribution in [0.15, 0.2) is 65.6 Å². The van der Waals surface area contributed by atoms with Crippen molar-refractivity contribution >= 4 is 28.5 Å². The lowest BCUT2D eigenvalue weighted by Crippen LogP contribution is -2.25. The molecule has 0 aliphatic heterocycles. The second-order valence-electron chi connectivity index (χ2n) is 7.07. The molecule has 0 aliphatic rings. The van der Waals surface area contributed by atoms with Crippen LogP contribution in [0.25, 0.3) is 16.5 Å². The van der Waals surface area contributed by atoms with Crippen LogP contribution >= 0.6 is 0 Å². The Kier molecular flexibility index (Phi) is 5.95. The van der Waals surface area contributed by atoms with Gasteiger partial charge in [-0.1, -0.05) is 36.4 Å². The Hall–Kier alpha value is -4.78. The van der Waals surface area contributed by atoms with E-state index in [1.165, 1.54) is 17.9 Å². The van der Waals surface area contributed by atoms with Crippen LogP contribution in [0.4, 0.5) is 5.82 Å². The molecule has 4 rings (SSSR count). The monoisotopic (exact) mass is 442 g/mol. The van der Waals surface area contributed by atoms with Gasteiger partial charge in [-0.15, -0.1) is 0 Å². The zero-order chi connectivity index (χ0) is 23.4. The molecule has 0 radical (unpaired) electrons. The Labute approximate surface area is 187 Å². The molecule has 4 aromatic rings. The molecule has 0 spiro atoms. The second kappa shape index (κ2) is 9.15. The van der Waals surface area contributed by atoms with Gasteiger partial charge in [-0.3, -0.25) is 14.4 Å². The van der Waals surface area contributed by atoms with Crippen LogP contribution in [0.1, 0.15) is 11.3 Å². The van der Waals surface area contributed by atoms with Gasteiger partial charge in [0.15, 0.2) is 12.4 Å². The summed E-state index contributed by atoms with van der Waals surface area (Å²) in [5, 5.41) is 21.2. The number of benzene rings is 2. The SMILES string of the molecule is Cn1nc(CC(=O)OCC(=O)Nc2c(C#N)cnn2-c2ccccc2)c2ccccc2c1=O. The minimum Gasteiger partial charge on any atom is -0.455 e. The Morgan fingerprint density at radius 3 is 2.52 bits per heavy atom. The number of carbonyl (C=O) groups is 2. The fourth-order valence-electron chi connectivity index (χ4n) is 3.32. The van der Waals surface area contributed by atoms with Crippen LogP contribution < -0.4 is 10.9 Å². The molecule has 0 aliphatic carbocycles. The standard InChI is InChI=1S/C23H18N6O4/c1-28-23(32)18-10-6-5-9-17(18)19(27-28)11-21(31)33-14-20(30)26-22-15(12-24)13-25-29(22)16-7-3-2-4-8-16/h2-10,13H,11,14H2,1H3,(H,26,30). The molecule has 0 saturated carbocycles. The maximum Gasteiger partial charge on any atom is 0.312 e. The van der Waals surface area contributed by atoms with Crippen molar-refractivity contribution in [2.24, 2.45) is 7.05 Å². The Morgan fingerprint density at radius 1 is 1.09 bits per heavy atom. The highest BCUT2D eigenvalue weighted by molar-refractivity contribution is 5.94. The van der Waals surface area contributed by atoms with Gasteiger partial charge in [-0.2, -0.15) is 15.5 Å². The maximum absolute atomic E-state index is 12.4. The average molecular weight is 442 g/mol. The van der Waals surface area contributed by atoms with Crippen molar-refractivity contribution in [2.75, 3.05) is 11.9 Å². The van der Waals surface area contributed by atoms with Gasteiger partial charge in [0.05, 0.1) is 29.4 Å². The van der Waals surface area contributed by atoms with Gasteiger partial charge in [-0.05, 0) is 18.2 Å². The van der Waals surface area contributed by atoms with Gasteiger partial charge < -0.3 is 10.1 Å². The maximum atomic E-state index is 12.4. The molecule has 2 aromatic heterocycles. The number of ether oxygens (including phenoxy) is 1. The first-order chi connectivity index (χ1) is 16.0. The molecule has 0 saturated heterocycles. The predicted molar refractivity (Wildman–Crippen MR) is 119 cm³/mol. The van der Waals surface area contributed by atoms with E-state index in [2.05, 4.69) is 15.5 Å². The number of nitrogens with zero attached hydrogens (tertiary/aromatic N) is 5. The molecule has 0 bridgehead atoms. The van der Waals surface area contributed by atoms with Crippen molar-refractivity contribution in [2.45, 2.75) is 6.42 Å². The molecule has 1 amide bonds. The molecule has 0 unspecified atom stereocenters. The highest BCUT2D eigenvalue weighted by atomic mass is 16.5. The van der Waals surface area contributed by atoms with E-state index in [-0.39, 0.29) is 23.4 Å². The van der Waals surface area contributed by atoms with Gasteiger partial charge >= 0.3 is 5.97 Å². The average Bonchev–Trinajstić information content (AvgIpc) is 3.24. The van der Waals surface area contributed by atoms with Crippen molar-refractivity contribution in [3.05, 3.63) is 82.4 Å². The summed E-state index contributed by atoms with van der Waals surface area (Å²) in [7, 11) is 1.50. The molecule has 10 heteroatoms. The Morgan fingerprint density at radius 2 is 1.79 bits per heavy atom. The minimum atomic E-state index is -0.682. The van der Waals surface area contributed by atoms with E-state index in [4.69, 9.17) is 4.74 Å². The van der Waals surface area contributed by atoms with E-state index in [0.717, 1.165) is 4.68 Å². The van der Waals surface area contributed by atoms with Gasteiger partial charge in [0.1, 0.15) is 11.6 Å². The number of aryl methyl sites for hydroxylation is 1. The van der Waals surface area contributed by atoms with Crippen LogP contribution in [0, 0.1) is 11.3 Å². The molecule has 2 heterocycles. The smallest absolute Gasteiger partial charge is 0.312 e. The van der Waals surface area contributed by atoms with Crippen molar-refractivity contribution < 1.29 is 14.3 Å². The van der Waals surface area contributed by atoms with E-state index in [0.29, 0.717) is 22.2 Å². The van der Waals surface area contributed by atoms with Crippen molar-refractivity contribution in [3.63, 3.8) is 0 Å². The summed E-state index contributed by atoms with van der Waals surface area (Å²) in [6.07, 6.45) is 1.12. The third kappa shape index (κ3) is 4.47. The molecule has 0 fully saturated rings. The highest BCUT2D eigenvalue weighted by Gasteiger charge is 2.18. The number of amides is 1. The number of anilines is 1. The third-order valence-electron chi connectivity index (χ3n) is 4.86. The van der Waals surface area contributed by atoms with Crippen LogP contribution in [0.3, 0.4) is 0 Å². The first-order valence-electron chi connectivity index (χ1n) is 9.92. The third-order valence-corrected chi connectivity index (χ3v) is 4.86. The molecular formula is C23H18N6O4. The molecular weight excluding hydrogens is 424 g/mol. The van der Waals surface area contributed by atoms with Crippen molar-refractivity contribution in [3.8, 4) is 11.8 Å². The fraction of sp³-hybridized carbons (Fsp3) is 0.130. The lowest BCUT2D eigenvalue weighted by atomic mass is 10.1. The Balaban J connectivity index is 1.45. The summed E-state index contributed by atoms with van der Waals surface area (Å²) in [5.41, 5.74) is 0.913. The first kappa shape index (κ1) is 21.5. The number of fused-ring (bicyclic) bond motifs is 1. The molecule has 33 heavy (non-hydrogen) atoms. The topological polar surface area (TPSA) is 132 Å². The van der Waals surface area contributed by atoms with Gasteiger partial charge in [0, 0.05) is 12.4 Å².